The number of ether oxygens (including phenoxy) is 1. The molecule has 0 aliphatic heterocycles. The van der Waals surface area contributed by atoms with E-state index in [2.05, 4.69) is 20.9 Å². The Morgan fingerprint density at radius 1 is 1.44 bits per heavy atom. The van der Waals surface area contributed by atoms with Crippen molar-refractivity contribution in [2.24, 2.45) is 0 Å². The second kappa shape index (κ2) is 7.41. The third-order valence-electron chi connectivity index (χ3n) is 1.64. The molecule has 0 saturated heterocycles. The van der Waals surface area contributed by atoms with Gasteiger partial charge in [0.05, 0.1) is 7.11 Å². The lowest BCUT2D eigenvalue weighted by atomic mass is 10.4. The van der Waals surface area contributed by atoms with Gasteiger partial charge >= 0.3 is 6.09 Å². The van der Waals surface area contributed by atoms with Crippen LogP contribution in [0.15, 0.2) is 23.6 Å². The molecule has 3 N–H and O–H groups in total. The van der Waals surface area contributed by atoms with Crippen LogP contribution in [0.2, 0.25) is 0 Å². The number of hydrogen-bond donors (Lipinski definition) is 3. The van der Waals surface area contributed by atoms with Gasteiger partial charge in [-0.3, -0.25) is 15.5 Å². The molecule has 8 heteroatoms. The summed E-state index contributed by atoms with van der Waals surface area (Å²) in [4.78, 5) is 23.1. The van der Waals surface area contributed by atoms with Crippen LogP contribution < -0.4 is 16.2 Å². The molecule has 0 saturated carbocycles. The molecule has 0 aliphatic carbocycles. The zero-order valence-corrected chi connectivity index (χ0v) is 11.1. The molecule has 0 bridgehead atoms. The van der Waals surface area contributed by atoms with Crippen LogP contribution in [-0.2, 0) is 9.53 Å². The first kappa shape index (κ1) is 14.1. The standard InChI is InChI=1S/C10H11N3O3S2/c1-16-10(15)13-12-9(17)11-8(14)5-4-7-3-2-6-18-7/h2-6H,1H3,(H,13,15)(H2,11,12,14,17)/b5-4-. The van der Waals surface area contributed by atoms with E-state index in [9.17, 15) is 9.59 Å². The lowest BCUT2D eigenvalue weighted by molar-refractivity contribution is -0.115. The molecule has 6 nitrogen and oxygen atoms in total. The van der Waals surface area contributed by atoms with Gasteiger partial charge in [0.15, 0.2) is 5.11 Å². The molecule has 0 aliphatic rings. The highest BCUT2D eigenvalue weighted by atomic mass is 32.1. The maximum atomic E-state index is 11.4. The second-order valence-electron chi connectivity index (χ2n) is 2.91. The molecule has 0 fully saturated rings. The number of hydrazine groups is 1. The van der Waals surface area contributed by atoms with E-state index in [1.807, 2.05) is 17.5 Å². The van der Waals surface area contributed by atoms with E-state index >= 15 is 0 Å². The summed E-state index contributed by atoms with van der Waals surface area (Å²) in [5, 5.41) is 4.23. The average Bonchev–Trinajstić information content (AvgIpc) is 2.86. The fourth-order valence-corrected chi connectivity index (χ4v) is 1.66. The molecular weight excluding hydrogens is 274 g/mol. The van der Waals surface area contributed by atoms with Gasteiger partial charge in [-0.1, -0.05) is 6.07 Å². The van der Waals surface area contributed by atoms with Crippen LogP contribution in [-0.4, -0.2) is 24.2 Å². The predicted molar refractivity (Wildman–Crippen MR) is 72.8 cm³/mol. The zero-order chi connectivity index (χ0) is 13.4. The minimum atomic E-state index is -0.708. The Kier molecular flexibility index (Phi) is 5.81. The number of nitrogens with one attached hydrogen (secondary N) is 3. The van der Waals surface area contributed by atoms with Crippen molar-refractivity contribution in [3.05, 3.63) is 28.5 Å². The summed E-state index contributed by atoms with van der Waals surface area (Å²) in [6, 6.07) is 3.76. The summed E-state index contributed by atoms with van der Waals surface area (Å²) in [7, 11) is 1.21. The van der Waals surface area contributed by atoms with E-state index in [1.165, 1.54) is 24.5 Å². The molecule has 0 radical (unpaired) electrons. The summed E-state index contributed by atoms with van der Waals surface area (Å²) < 4.78 is 4.30. The maximum Gasteiger partial charge on any atom is 0.425 e. The third-order valence-corrected chi connectivity index (χ3v) is 2.68. The lowest BCUT2D eigenvalue weighted by Gasteiger charge is -2.07. The van der Waals surface area contributed by atoms with Crippen LogP contribution in [0.1, 0.15) is 4.88 Å². The molecule has 1 aromatic rings. The highest BCUT2D eigenvalue weighted by Gasteiger charge is 2.02. The van der Waals surface area contributed by atoms with Gasteiger partial charge in [-0.15, -0.1) is 11.3 Å². The van der Waals surface area contributed by atoms with Gasteiger partial charge in [0.1, 0.15) is 0 Å². The Balaban J connectivity index is 2.31. The molecule has 1 heterocycles. The van der Waals surface area contributed by atoms with Crippen LogP contribution >= 0.6 is 23.6 Å². The van der Waals surface area contributed by atoms with Crippen LogP contribution in [0.3, 0.4) is 0 Å². The SMILES string of the molecule is COC(=O)NNC(=S)NC(=O)/C=C\c1cccs1. The van der Waals surface area contributed by atoms with E-state index in [4.69, 9.17) is 12.2 Å². The lowest BCUT2D eigenvalue weighted by Crippen LogP contribution is -2.48. The van der Waals surface area contributed by atoms with Gasteiger partial charge in [0.25, 0.3) is 0 Å². The summed E-state index contributed by atoms with van der Waals surface area (Å²) in [6.07, 6.45) is 2.30. The summed E-state index contributed by atoms with van der Waals surface area (Å²) in [6.45, 7) is 0. The van der Waals surface area contributed by atoms with E-state index in [0.29, 0.717) is 0 Å². The molecule has 0 atom stereocenters. The van der Waals surface area contributed by atoms with E-state index < -0.39 is 12.0 Å². The normalized spacial score (nSPS) is 9.83. The predicted octanol–water partition coefficient (Wildman–Crippen LogP) is 1.02. The number of amides is 2. The smallest absolute Gasteiger partial charge is 0.425 e. The first-order chi connectivity index (χ1) is 8.61. The average molecular weight is 285 g/mol. The second-order valence-corrected chi connectivity index (χ2v) is 4.30. The van der Waals surface area contributed by atoms with Gasteiger partial charge in [-0.25, -0.2) is 10.2 Å². The molecule has 0 unspecified atom stereocenters. The number of carbonyl (C=O) groups excluding carboxylic acids is 2. The highest BCUT2D eigenvalue weighted by molar-refractivity contribution is 7.80. The Bertz CT molecular complexity index is 457. The summed E-state index contributed by atoms with van der Waals surface area (Å²) in [5.74, 6) is -0.396. The number of carbonyl (C=O) groups is 2. The molecule has 96 valence electrons. The van der Waals surface area contributed by atoms with Crippen LogP contribution in [0.5, 0.6) is 0 Å². The minimum Gasteiger partial charge on any atom is -0.452 e. The van der Waals surface area contributed by atoms with Crippen molar-refractivity contribution >= 4 is 46.7 Å². The number of thiocarbonyl (C=S) groups is 1. The maximum absolute atomic E-state index is 11.4. The van der Waals surface area contributed by atoms with Crippen LogP contribution in [0.4, 0.5) is 4.79 Å². The van der Waals surface area contributed by atoms with E-state index in [1.54, 1.807) is 6.08 Å². The molecule has 18 heavy (non-hydrogen) atoms. The van der Waals surface area contributed by atoms with Crippen molar-refractivity contribution in [2.75, 3.05) is 7.11 Å². The topological polar surface area (TPSA) is 79.5 Å². The highest BCUT2D eigenvalue weighted by Crippen LogP contribution is 2.09. The fraction of sp³-hybridized carbons (Fsp3) is 0.100. The molecule has 2 amide bonds. The largest absolute Gasteiger partial charge is 0.452 e. The monoisotopic (exact) mass is 285 g/mol. The first-order valence-electron chi connectivity index (χ1n) is 4.78. The molecule has 0 spiro atoms. The molecule has 1 aromatic heterocycles. The molecule has 1 rings (SSSR count). The van der Waals surface area contributed by atoms with Gasteiger partial charge in [-0.05, 0) is 29.7 Å². The van der Waals surface area contributed by atoms with Gasteiger partial charge in [-0.2, -0.15) is 0 Å². The third kappa shape index (κ3) is 5.41. The summed E-state index contributed by atoms with van der Waals surface area (Å²) in [5.41, 5.74) is 4.42. The van der Waals surface area contributed by atoms with Crippen LogP contribution in [0, 0.1) is 0 Å². The number of methoxy groups -OCH3 is 1. The Morgan fingerprint density at radius 3 is 2.83 bits per heavy atom. The van der Waals surface area contributed by atoms with Gasteiger partial charge < -0.3 is 4.74 Å². The molecule has 0 aromatic carbocycles. The van der Waals surface area contributed by atoms with Crippen molar-refractivity contribution in [1.29, 1.82) is 0 Å². The van der Waals surface area contributed by atoms with Gasteiger partial charge in [0.2, 0.25) is 5.91 Å². The number of rotatable bonds is 2. The Hall–Kier alpha value is -1.93. The van der Waals surface area contributed by atoms with Crippen molar-refractivity contribution in [3.63, 3.8) is 0 Å². The minimum absolute atomic E-state index is 0.0266. The van der Waals surface area contributed by atoms with Crippen molar-refractivity contribution < 1.29 is 14.3 Å². The number of thiophene rings is 1. The van der Waals surface area contributed by atoms with Crippen LogP contribution in [0.25, 0.3) is 6.08 Å². The van der Waals surface area contributed by atoms with Crippen molar-refractivity contribution in [1.82, 2.24) is 16.2 Å². The van der Waals surface area contributed by atoms with E-state index in [0.717, 1.165) is 4.88 Å². The Labute approximate surface area is 113 Å². The van der Waals surface area contributed by atoms with E-state index in [-0.39, 0.29) is 5.11 Å². The molecular formula is C10H11N3O3S2. The zero-order valence-electron chi connectivity index (χ0n) is 9.43. The van der Waals surface area contributed by atoms with Gasteiger partial charge in [0, 0.05) is 11.0 Å². The first-order valence-corrected chi connectivity index (χ1v) is 6.07. The Morgan fingerprint density at radius 2 is 2.22 bits per heavy atom. The quantitative estimate of drug-likeness (QED) is 0.429. The van der Waals surface area contributed by atoms with Crippen molar-refractivity contribution in [2.45, 2.75) is 0 Å². The number of hydrogen-bond acceptors (Lipinski definition) is 5. The summed E-state index contributed by atoms with van der Waals surface area (Å²) >= 11 is 6.28. The van der Waals surface area contributed by atoms with Crippen molar-refractivity contribution in [3.8, 4) is 0 Å². The fourth-order valence-electron chi connectivity index (χ4n) is 0.888.